The van der Waals surface area contributed by atoms with E-state index in [1.807, 2.05) is 37.3 Å². The molecule has 4 nitrogen and oxygen atoms in total. The molecule has 0 saturated carbocycles. The van der Waals surface area contributed by atoms with E-state index in [9.17, 15) is 4.79 Å². The first kappa shape index (κ1) is 11.2. The summed E-state index contributed by atoms with van der Waals surface area (Å²) < 4.78 is 0. The van der Waals surface area contributed by atoms with Gasteiger partial charge in [0.25, 0.3) is 0 Å². The quantitative estimate of drug-likeness (QED) is 0.751. The van der Waals surface area contributed by atoms with E-state index in [1.54, 1.807) is 0 Å². The molecule has 0 amide bonds. The molecule has 0 fully saturated rings. The second-order valence-electron chi connectivity index (χ2n) is 3.62. The summed E-state index contributed by atoms with van der Waals surface area (Å²) in [5.74, 6) is -0.261. The number of benzene rings is 1. The molecule has 1 aromatic carbocycles. The third-order valence-electron chi connectivity index (χ3n) is 2.48. The van der Waals surface area contributed by atoms with Gasteiger partial charge in [-0.15, -0.1) is 0 Å². The third-order valence-corrected chi connectivity index (χ3v) is 2.48. The van der Waals surface area contributed by atoms with Crippen LogP contribution in [0, 0.1) is 11.3 Å². The first-order valence-electron chi connectivity index (χ1n) is 5.42. The molecule has 2 rings (SSSR count). The number of nitriles is 1. The topological polar surface area (TPSA) is 66.6 Å². The summed E-state index contributed by atoms with van der Waals surface area (Å²) in [5.41, 5.74) is 2.44. The van der Waals surface area contributed by atoms with Crippen LogP contribution in [0.4, 0.5) is 0 Å². The minimum absolute atomic E-state index is 0.153. The Morgan fingerprint density at radius 2 is 1.94 bits per heavy atom. The molecule has 2 aromatic rings. The summed E-state index contributed by atoms with van der Waals surface area (Å²) in [6.45, 7) is 1.92. The summed E-state index contributed by atoms with van der Waals surface area (Å²) in [5, 5.41) is 8.56. The Morgan fingerprint density at radius 1 is 1.29 bits per heavy atom. The molecular formula is C13H11N3O. The van der Waals surface area contributed by atoms with Crippen LogP contribution in [-0.4, -0.2) is 15.8 Å². The van der Waals surface area contributed by atoms with Crippen molar-refractivity contribution in [2.24, 2.45) is 0 Å². The van der Waals surface area contributed by atoms with Gasteiger partial charge in [-0.3, -0.25) is 4.79 Å². The highest BCUT2D eigenvalue weighted by molar-refractivity contribution is 5.98. The first-order valence-corrected chi connectivity index (χ1v) is 5.42. The van der Waals surface area contributed by atoms with Crippen molar-refractivity contribution in [3.05, 3.63) is 35.7 Å². The maximum atomic E-state index is 11.7. The van der Waals surface area contributed by atoms with Crippen molar-refractivity contribution in [1.82, 2.24) is 9.97 Å². The van der Waals surface area contributed by atoms with Gasteiger partial charge >= 0.3 is 0 Å². The molecule has 84 valence electrons. The van der Waals surface area contributed by atoms with Gasteiger partial charge in [0.2, 0.25) is 0 Å². The fourth-order valence-corrected chi connectivity index (χ4v) is 1.66. The number of carbonyl (C=O) groups is 1. The lowest BCUT2D eigenvalue weighted by Crippen LogP contribution is -2.08. The molecule has 0 bridgehead atoms. The minimum Gasteiger partial charge on any atom is -0.291 e. The molecule has 1 heterocycles. The molecule has 4 heteroatoms. The van der Waals surface area contributed by atoms with Crippen molar-refractivity contribution < 1.29 is 4.79 Å². The van der Waals surface area contributed by atoms with Gasteiger partial charge in [0.15, 0.2) is 5.78 Å². The number of aryl methyl sites for hydroxylation is 1. The van der Waals surface area contributed by atoms with Crippen LogP contribution < -0.4 is 0 Å². The van der Waals surface area contributed by atoms with Crippen molar-refractivity contribution in [3.63, 3.8) is 0 Å². The Hall–Kier alpha value is -2.28. The average Bonchev–Trinajstić information content (AvgIpc) is 2.37. The number of hydrogen-bond donors (Lipinski definition) is 0. The Balaban J connectivity index is 2.61. The molecule has 0 aliphatic heterocycles. The molecule has 17 heavy (non-hydrogen) atoms. The lowest BCUT2D eigenvalue weighted by atomic mass is 10.1. The van der Waals surface area contributed by atoms with E-state index >= 15 is 0 Å². The van der Waals surface area contributed by atoms with Crippen LogP contribution in [0.3, 0.4) is 0 Å². The summed E-state index contributed by atoms with van der Waals surface area (Å²) in [4.78, 5) is 20.4. The van der Waals surface area contributed by atoms with Gasteiger partial charge < -0.3 is 0 Å². The molecule has 0 aliphatic rings. The number of aromatic nitrogens is 2. The molecule has 0 spiro atoms. The van der Waals surface area contributed by atoms with Gasteiger partial charge in [-0.05, 0) is 18.6 Å². The smallest absolute Gasteiger partial charge is 0.197 e. The van der Waals surface area contributed by atoms with E-state index in [-0.39, 0.29) is 12.2 Å². The van der Waals surface area contributed by atoms with Crippen molar-refractivity contribution >= 4 is 16.8 Å². The summed E-state index contributed by atoms with van der Waals surface area (Å²) in [7, 11) is 0. The highest BCUT2D eigenvalue weighted by atomic mass is 16.1. The van der Waals surface area contributed by atoms with Crippen LogP contribution in [0.25, 0.3) is 11.0 Å². The van der Waals surface area contributed by atoms with Crippen molar-refractivity contribution in [2.45, 2.75) is 19.8 Å². The van der Waals surface area contributed by atoms with Crippen molar-refractivity contribution in [1.29, 1.82) is 5.26 Å². The van der Waals surface area contributed by atoms with Crippen LogP contribution >= 0.6 is 0 Å². The molecule has 0 radical (unpaired) electrons. The number of ketones is 1. The second-order valence-corrected chi connectivity index (χ2v) is 3.62. The maximum Gasteiger partial charge on any atom is 0.197 e. The zero-order valence-corrected chi connectivity index (χ0v) is 9.47. The monoisotopic (exact) mass is 225 g/mol. The Labute approximate surface area is 98.9 Å². The number of fused-ring (bicyclic) bond motifs is 1. The Morgan fingerprint density at radius 3 is 2.53 bits per heavy atom. The molecule has 0 aliphatic carbocycles. The second kappa shape index (κ2) is 4.71. The number of nitrogens with zero attached hydrogens (tertiary/aromatic N) is 3. The fourth-order valence-electron chi connectivity index (χ4n) is 1.66. The lowest BCUT2D eigenvalue weighted by molar-refractivity contribution is 0.0992. The molecule has 0 saturated heterocycles. The Kier molecular flexibility index (Phi) is 3.10. The first-order chi connectivity index (χ1) is 8.26. The molecule has 0 N–H and O–H groups in total. The fraction of sp³-hybridized carbons (Fsp3) is 0.231. The average molecular weight is 225 g/mol. The zero-order chi connectivity index (χ0) is 12.3. The van der Waals surface area contributed by atoms with Crippen LogP contribution in [0.1, 0.15) is 29.5 Å². The predicted molar refractivity (Wildman–Crippen MR) is 63.5 cm³/mol. The summed E-state index contributed by atoms with van der Waals surface area (Å²) >= 11 is 0. The van der Waals surface area contributed by atoms with Gasteiger partial charge in [0, 0.05) is 0 Å². The van der Waals surface area contributed by atoms with Crippen molar-refractivity contribution in [2.75, 3.05) is 0 Å². The van der Waals surface area contributed by atoms with Crippen molar-refractivity contribution in [3.8, 4) is 6.07 Å². The number of para-hydroxylation sites is 2. The van der Waals surface area contributed by atoms with E-state index in [0.29, 0.717) is 23.3 Å². The van der Waals surface area contributed by atoms with Gasteiger partial charge in [-0.2, -0.15) is 5.26 Å². The SMILES string of the molecule is CCc1nc2ccccc2nc1C(=O)CC#N. The standard InChI is InChI=1S/C13H11N3O/c1-2-9-13(12(17)7-8-14)16-11-6-4-3-5-10(11)15-9/h3-6H,2,7H2,1H3. The maximum absolute atomic E-state index is 11.7. The van der Waals surface area contributed by atoms with Crippen LogP contribution in [0.15, 0.2) is 24.3 Å². The normalized spacial score (nSPS) is 10.1. The molecule has 0 atom stereocenters. The Bertz CT molecular complexity index is 614. The number of carbonyl (C=O) groups excluding carboxylic acids is 1. The predicted octanol–water partition coefficient (Wildman–Crippen LogP) is 2.29. The number of hydrogen-bond acceptors (Lipinski definition) is 4. The van der Waals surface area contributed by atoms with Gasteiger partial charge in [-0.25, -0.2) is 9.97 Å². The highest BCUT2D eigenvalue weighted by Gasteiger charge is 2.14. The summed E-state index contributed by atoms with van der Waals surface area (Å²) in [6.07, 6.45) is 0.477. The van der Waals surface area contributed by atoms with E-state index < -0.39 is 0 Å². The van der Waals surface area contributed by atoms with Crippen LogP contribution in [-0.2, 0) is 6.42 Å². The molecule has 1 aromatic heterocycles. The largest absolute Gasteiger partial charge is 0.291 e. The summed E-state index contributed by atoms with van der Waals surface area (Å²) in [6, 6.07) is 9.25. The van der Waals surface area contributed by atoms with Gasteiger partial charge in [0.1, 0.15) is 12.1 Å². The molecule has 0 unspecified atom stereocenters. The minimum atomic E-state index is -0.261. The highest BCUT2D eigenvalue weighted by Crippen LogP contribution is 2.14. The third kappa shape index (κ3) is 2.13. The van der Waals surface area contributed by atoms with Gasteiger partial charge in [-0.1, -0.05) is 19.1 Å². The van der Waals surface area contributed by atoms with E-state index in [2.05, 4.69) is 9.97 Å². The number of rotatable bonds is 3. The zero-order valence-electron chi connectivity index (χ0n) is 9.47. The van der Waals surface area contributed by atoms with Crippen LogP contribution in [0.2, 0.25) is 0 Å². The van der Waals surface area contributed by atoms with E-state index in [1.165, 1.54) is 0 Å². The van der Waals surface area contributed by atoms with E-state index in [4.69, 9.17) is 5.26 Å². The lowest BCUT2D eigenvalue weighted by Gasteiger charge is -2.05. The van der Waals surface area contributed by atoms with Gasteiger partial charge in [0.05, 0.1) is 22.8 Å². The van der Waals surface area contributed by atoms with Crippen LogP contribution in [0.5, 0.6) is 0 Å². The van der Waals surface area contributed by atoms with E-state index in [0.717, 1.165) is 5.52 Å². The molecular weight excluding hydrogens is 214 g/mol. The number of Topliss-reactive ketones (excluding diaryl/α,β-unsaturated/α-hetero) is 1.